The quantitative estimate of drug-likeness (QED) is 0.705. The maximum atomic E-state index is 11.3. The van der Waals surface area contributed by atoms with Gasteiger partial charge in [-0.25, -0.2) is 4.79 Å². The van der Waals surface area contributed by atoms with Crippen molar-refractivity contribution in [3.05, 3.63) is 29.8 Å². The lowest BCUT2D eigenvalue weighted by Gasteiger charge is -2.06. The Morgan fingerprint density at radius 2 is 1.94 bits per heavy atom. The Hall–Kier alpha value is -2.55. The SMILES string of the molecule is CNC(=O)CNC(=O)Nc1ccc(C#N)cc1. The second-order valence-corrected chi connectivity index (χ2v) is 3.17. The van der Waals surface area contributed by atoms with Gasteiger partial charge < -0.3 is 16.0 Å². The van der Waals surface area contributed by atoms with E-state index in [9.17, 15) is 9.59 Å². The monoisotopic (exact) mass is 232 g/mol. The zero-order valence-electron chi connectivity index (χ0n) is 9.28. The van der Waals surface area contributed by atoms with Gasteiger partial charge in [-0.3, -0.25) is 4.79 Å². The van der Waals surface area contributed by atoms with Crippen LogP contribution in [-0.2, 0) is 4.79 Å². The van der Waals surface area contributed by atoms with Crippen molar-refractivity contribution in [2.75, 3.05) is 18.9 Å². The fourth-order valence-corrected chi connectivity index (χ4v) is 1.05. The van der Waals surface area contributed by atoms with E-state index in [4.69, 9.17) is 5.26 Å². The fraction of sp³-hybridized carbons (Fsp3) is 0.182. The number of anilines is 1. The van der Waals surface area contributed by atoms with Crippen molar-refractivity contribution in [3.8, 4) is 6.07 Å². The van der Waals surface area contributed by atoms with Crippen LogP contribution in [0, 0.1) is 11.3 Å². The van der Waals surface area contributed by atoms with E-state index in [1.54, 1.807) is 24.3 Å². The molecule has 3 N–H and O–H groups in total. The summed E-state index contributed by atoms with van der Waals surface area (Å²) in [7, 11) is 1.49. The Kier molecular flexibility index (Phi) is 4.51. The minimum absolute atomic E-state index is 0.0847. The molecule has 0 unspecified atom stereocenters. The van der Waals surface area contributed by atoms with Crippen molar-refractivity contribution in [1.29, 1.82) is 5.26 Å². The van der Waals surface area contributed by atoms with E-state index in [-0.39, 0.29) is 12.5 Å². The first kappa shape index (κ1) is 12.5. The summed E-state index contributed by atoms with van der Waals surface area (Å²) in [6, 6.07) is 7.90. The first-order valence-corrected chi connectivity index (χ1v) is 4.91. The molecule has 1 rings (SSSR count). The first-order valence-electron chi connectivity index (χ1n) is 4.91. The van der Waals surface area contributed by atoms with Gasteiger partial charge in [0.15, 0.2) is 0 Å². The molecular weight excluding hydrogens is 220 g/mol. The highest BCUT2D eigenvalue weighted by atomic mass is 16.2. The summed E-state index contributed by atoms with van der Waals surface area (Å²) in [5.41, 5.74) is 1.07. The van der Waals surface area contributed by atoms with Crippen LogP contribution in [0.2, 0.25) is 0 Å². The van der Waals surface area contributed by atoms with E-state index < -0.39 is 6.03 Å². The smallest absolute Gasteiger partial charge is 0.319 e. The lowest BCUT2D eigenvalue weighted by atomic mass is 10.2. The van der Waals surface area contributed by atoms with Crippen LogP contribution in [0.5, 0.6) is 0 Å². The Bertz CT molecular complexity index is 448. The average molecular weight is 232 g/mol. The Morgan fingerprint density at radius 1 is 1.29 bits per heavy atom. The van der Waals surface area contributed by atoms with Gasteiger partial charge >= 0.3 is 6.03 Å². The molecule has 0 aliphatic rings. The lowest BCUT2D eigenvalue weighted by Crippen LogP contribution is -2.37. The van der Waals surface area contributed by atoms with Crippen LogP contribution < -0.4 is 16.0 Å². The maximum Gasteiger partial charge on any atom is 0.319 e. The predicted molar refractivity (Wildman–Crippen MR) is 62.2 cm³/mol. The van der Waals surface area contributed by atoms with Gasteiger partial charge in [0.2, 0.25) is 5.91 Å². The second kappa shape index (κ2) is 6.12. The van der Waals surface area contributed by atoms with Crippen LogP contribution in [0.1, 0.15) is 5.56 Å². The van der Waals surface area contributed by atoms with Gasteiger partial charge in [0.1, 0.15) is 0 Å². The first-order chi connectivity index (χ1) is 8.15. The molecule has 0 saturated heterocycles. The van der Waals surface area contributed by atoms with Crippen LogP contribution in [0.4, 0.5) is 10.5 Å². The summed E-state index contributed by atoms with van der Waals surface area (Å²) < 4.78 is 0. The molecule has 0 atom stereocenters. The summed E-state index contributed by atoms with van der Waals surface area (Å²) in [5.74, 6) is -0.278. The molecule has 3 amide bonds. The summed E-state index contributed by atoms with van der Waals surface area (Å²) in [6.07, 6.45) is 0. The molecule has 0 aliphatic carbocycles. The number of hydrogen-bond acceptors (Lipinski definition) is 3. The van der Waals surface area contributed by atoms with Gasteiger partial charge in [0.05, 0.1) is 18.2 Å². The van der Waals surface area contributed by atoms with Gasteiger partial charge in [-0.2, -0.15) is 5.26 Å². The van der Waals surface area contributed by atoms with Gasteiger partial charge in [0.25, 0.3) is 0 Å². The van der Waals surface area contributed by atoms with Crippen molar-refractivity contribution in [2.24, 2.45) is 0 Å². The van der Waals surface area contributed by atoms with Gasteiger partial charge in [-0.1, -0.05) is 0 Å². The van der Waals surface area contributed by atoms with E-state index in [0.29, 0.717) is 11.3 Å². The largest absolute Gasteiger partial charge is 0.358 e. The Balaban J connectivity index is 2.45. The standard InChI is InChI=1S/C11H12N4O2/c1-13-10(16)7-14-11(17)15-9-4-2-8(6-12)3-5-9/h2-5H,7H2,1H3,(H,13,16)(H2,14,15,17). The molecule has 0 aliphatic heterocycles. The van der Waals surface area contributed by atoms with Gasteiger partial charge in [0, 0.05) is 12.7 Å². The number of rotatable bonds is 3. The molecule has 6 heteroatoms. The summed E-state index contributed by atoms with van der Waals surface area (Å²) in [4.78, 5) is 22.2. The molecule has 0 bridgehead atoms. The number of amides is 3. The van der Waals surface area contributed by atoms with Crippen LogP contribution in [0.3, 0.4) is 0 Å². The van der Waals surface area contributed by atoms with E-state index in [1.807, 2.05) is 6.07 Å². The highest BCUT2D eigenvalue weighted by Gasteiger charge is 2.03. The molecular formula is C11H12N4O2. The zero-order valence-corrected chi connectivity index (χ0v) is 9.28. The summed E-state index contributed by atoms with van der Waals surface area (Å²) in [5, 5.41) is 15.9. The molecule has 1 aromatic rings. The van der Waals surface area contributed by atoms with Crippen molar-refractivity contribution in [2.45, 2.75) is 0 Å². The van der Waals surface area contributed by atoms with Gasteiger partial charge in [-0.15, -0.1) is 0 Å². The number of benzene rings is 1. The third-order valence-electron chi connectivity index (χ3n) is 1.96. The summed E-state index contributed by atoms with van der Waals surface area (Å²) in [6.45, 7) is -0.0847. The Morgan fingerprint density at radius 3 is 2.47 bits per heavy atom. The van der Waals surface area contributed by atoms with Crippen molar-refractivity contribution >= 4 is 17.6 Å². The molecule has 17 heavy (non-hydrogen) atoms. The van der Waals surface area contributed by atoms with E-state index in [1.165, 1.54) is 7.05 Å². The van der Waals surface area contributed by atoms with Crippen molar-refractivity contribution < 1.29 is 9.59 Å². The normalized spacial score (nSPS) is 8.94. The number of nitrogens with zero attached hydrogens (tertiary/aromatic N) is 1. The second-order valence-electron chi connectivity index (χ2n) is 3.17. The molecule has 0 saturated carbocycles. The number of hydrogen-bond donors (Lipinski definition) is 3. The molecule has 0 aromatic heterocycles. The number of nitrogens with one attached hydrogen (secondary N) is 3. The molecule has 6 nitrogen and oxygen atoms in total. The third-order valence-corrected chi connectivity index (χ3v) is 1.96. The fourth-order valence-electron chi connectivity index (χ4n) is 1.05. The van der Waals surface area contributed by atoms with E-state index in [2.05, 4.69) is 16.0 Å². The molecule has 0 radical (unpaired) electrons. The number of carbonyl (C=O) groups excluding carboxylic acids is 2. The third kappa shape index (κ3) is 4.22. The number of carbonyl (C=O) groups is 2. The summed E-state index contributed by atoms with van der Waals surface area (Å²) >= 11 is 0. The molecule has 88 valence electrons. The molecule has 0 heterocycles. The average Bonchev–Trinajstić information content (AvgIpc) is 2.36. The van der Waals surface area contributed by atoms with Crippen LogP contribution in [-0.4, -0.2) is 25.5 Å². The van der Waals surface area contributed by atoms with Crippen molar-refractivity contribution in [3.63, 3.8) is 0 Å². The van der Waals surface area contributed by atoms with Crippen LogP contribution in [0.25, 0.3) is 0 Å². The van der Waals surface area contributed by atoms with E-state index in [0.717, 1.165) is 0 Å². The lowest BCUT2D eigenvalue weighted by molar-refractivity contribution is -0.119. The minimum Gasteiger partial charge on any atom is -0.358 e. The Labute approximate surface area is 98.6 Å². The molecule has 0 fully saturated rings. The van der Waals surface area contributed by atoms with Crippen molar-refractivity contribution in [1.82, 2.24) is 10.6 Å². The highest BCUT2D eigenvalue weighted by molar-refractivity contribution is 5.92. The van der Waals surface area contributed by atoms with Crippen LogP contribution in [0.15, 0.2) is 24.3 Å². The topological polar surface area (TPSA) is 94.0 Å². The zero-order chi connectivity index (χ0) is 12.7. The van der Waals surface area contributed by atoms with Crippen LogP contribution >= 0.6 is 0 Å². The molecule has 0 spiro atoms. The van der Waals surface area contributed by atoms with Gasteiger partial charge in [-0.05, 0) is 24.3 Å². The number of urea groups is 1. The number of likely N-dealkylation sites (N-methyl/N-ethyl adjacent to an activating group) is 1. The van der Waals surface area contributed by atoms with E-state index >= 15 is 0 Å². The maximum absolute atomic E-state index is 11.3. The number of nitriles is 1. The molecule has 1 aromatic carbocycles. The highest BCUT2D eigenvalue weighted by Crippen LogP contribution is 2.08. The predicted octanol–water partition coefficient (Wildman–Crippen LogP) is 0.426. The minimum atomic E-state index is -0.474.